The Morgan fingerprint density at radius 1 is 1.56 bits per heavy atom. The third kappa shape index (κ3) is 5.45. The summed E-state index contributed by atoms with van der Waals surface area (Å²) in [5.74, 6) is -0.141. The van der Waals surface area contributed by atoms with E-state index in [4.69, 9.17) is 5.11 Å². The van der Waals surface area contributed by atoms with Gasteiger partial charge in [-0.1, -0.05) is 0 Å². The average molecular weight is 250 g/mol. The molecule has 5 nitrogen and oxygen atoms in total. The number of pyridine rings is 1. The molecule has 1 aromatic heterocycles. The molecule has 3 N–H and O–H groups in total. The van der Waals surface area contributed by atoms with Gasteiger partial charge in [-0.15, -0.1) is 0 Å². The lowest BCUT2D eigenvalue weighted by Crippen LogP contribution is -2.31. The van der Waals surface area contributed by atoms with Crippen LogP contribution in [0.3, 0.4) is 0 Å². The van der Waals surface area contributed by atoms with Crippen molar-refractivity contribution in [3.8, 4) is 5.75 Å². The van der Waals surface area contributed by atoms with E-state index in [1.54, 1.807) is 12.3 Å². The van der Waals surface area contributed by atoms with Crippen LogP contribution in [-0.2, 0) is 4.79 Å². The number of aromatic hydroxyl groups is 1. The van der Waals surface area contributed by atoms with Crippen molar-refractivity contribution in [3.05, 3.63) is 30.1 Å². The summed E-state index contributed by atoms with van der Waals surface area (Å²) in [5, 5.41) is 20.6. The van der Waals surface area contributed by atoms with E-state index in [0.717, 1.165) is 6.42 Å². The summed E-state index contributed by atoms with van der Waals surface area (Å²) in [6.07, 6.45) is 7.27. The van der Waals surface area contributed by atoms with Gasteiger partial charge in [0.05, 0.1) is 6.20 Å². The van der Waals surface area contributed by atoms with Gasteiger partial charge in [-0.05, 0) is 37.5 Å². The highest BCUT2D eigenvalue weighted by Gasteiger charge is 2.03. The fraction of sp³-hybridized carbons (Fsp3) is 0.385. The Hall–Kier alpha value is -1.88. The Bertz CT molecular complexity index is 418. The lowest BCUT2D eigenvalue weighted by molar-refractivity contribution is -0.117. The Morgan fingerprint density at radius 3 is 3.00 bits per heavy atom. The zero-order valence-corrected chi connectivity index (χ0v) is 10.3. The molecule has 1 unspecified atom stereocenters. The summed E-state index contributed by atoms with van der Waals surface area (Å²) in [5.41, 5.74) is 0.660. The Balaban J connectivity index is 2.44. The number of nitrogens with one attached hydrogen (secondary N) is 1. The number of hydrogen-bond donors (Lipinski definition) is 3. The second kappa shape index (κ2) is 7.45. The van der Waals surface area contributed by atoms with Crippen LogP contribution in [0.1, 0.15) is 25.3 Å². The second-order valence-electron chi connectivity index (χ2n) is 4.09. The smallest absolute Gasteiger partial charge is 0.244 e. The highest BCUT2D eigenvalue weighted by atomic mass is 16.3. The van der Waals surface area contributed by atoms with Gasteiger partial charge in [0.25, 0.3) is 0 Å². The van der Waals surface area contributed by atoms with Crippen molar-refractivity contribution in [1.82, 2.24) is 10.3 Å². The molecule has 0 bridgehead atoms. The molecule has 0 fully saturated rings. The number of amides is 1. The molecule has 0 spiro atoms. The number of rotatable bonds is 6. The first-order valence-corrected chi connectivity index (χ1v) is 5.85. The van der Waals surface area contributed by atoms with Crippen LogP contribution in [0.5, 0.6) is 5.75 Å². The fourth-order valence-corrected chi connectivity index (χ4v) is 1.47. The quantitative estimate of drug-likeness (QED) is 0.660. The summed E-state index contributed by atoms with van der Waals surface area (Å²) in [4.78, 5) is 15.3. The summed E-state index contributed by atoms with van der Waals surface area (Å²) in [7, 11) is 0. The third-order valence-electron chi connectivity index (χ3n) is 2.36. The van der Waals surface area contributed by atoms with Crippen molar-refractivity contribution >= 4 is 12.0 Å². The van der Waals surface area contributed by atoms with E-state index in [1.807, 2.05) is 6.92 Å². The van der Waals surface area contributed by atoms with E-state index < -0.39 is 0 Å². The average Bonchev–Trinajstić information content (AvgIpc) is 2.34. The third-order valence-corrected chi connectivity index (χ3v) is 2.36. The largest absolute Gasteiger partial charge is 0.506 e. The highest BCUT2D eigenvalue weighted by Crippen LogP contribution is 2.09. The summed E-state index contributed by atoms with van der Waals surface area (Å²) < 4.78 is 0. The Morgan fingerprint density at radius 2 is 2.33 bits per heavy atom. The van der Waals surface area contributed by atoms with Gasteiger partial charge in [0, 0.05) is 24.9 Å². The van der Waals surface area contributed by atoms with Gasteiger partial charge in [-0.2, -0.15) is 0 Å². The molecular weight excluding hydrogens is 232 g/mol. The van der Waals surface area contributed by atoms with Crippen LogP contribution in [0.15, 0.2) is 24.5 Å². The molecule has 0 saturated carbocycles. The predicted octanol–water partition coefficient (Wildman–Crippen LogP) is 1.08. The molecule has 0 aliphatic heterocycles. The molecule has 18 heavy (non-hydrogen) atoms. The van der Waals surface area contributed by atoms with Crippen LogP contribution in [0.25, 0.3) is 6.08 Å². The minimum atomic E-state index is -0.205. The topological polar surface area (TPSA) is 82.5 Å². The van der Waals surface area contributed by atoms with Crippen LogP contribution in [0.4, 0.5) is 0 Å². The number of aromatic nitrogens is 1. The standard InChI is InChI=1S/C13H18N2O3/c1-10(3-2-6-16)15-13(18)5-4-11-7-12(17)9-14-8-11/h4-5,7-10,16-17H,2-3,6H2,1H3,(H,15,18)/b5-4+. The molecule has 0 radical (unpaired) electrons. The number of carbonyl (C=O) groups excluding carboxylic acids is 1. The van der Waals surface area contributed by atoms with Gasteiger partial charge >= 0.3 is 0 Å². The van der Waals surface area contributed by atoms with Gasteiger partial charge in [0.2, 0.25) is 5.91 Å². The first kappa shape index (κ1) is 14.2. The molecule has 0 saturated heterocycles. The molecule has 98 valence electrons. The maximum Gasteiger partial charge on any atom is 0.244 e. The lowest BCUT2D eigenvalue weighted by atomic mass is 10.2. The highest BCUT2D eigenvalue weighted by molar-refractivity contribution is 5.91. The number of hydrogen-bond acceptors (Lipinski definition) is 4. The van der Waals surface area contributed by atoms with E-state index in [9.17, 15) is 9.90 Å². The minimum absolute atomic E-state index is 0.0246. The minimum Gasteiger partial charge on any atom is -0.506 e. The SMILES string of the molecule is CC(CCCO)NC(=O)/C=C/c1cncc(O)c1. The van der Waals surface area contributed by atoms with Crippen molar-refractivity contribution in [2.75, 3.05) is 6.61 Å². The van der Waals surface area contributed by atoms with Gasteiger partial charge < -0.3 is 15.5 Å². The van der Waals surface area contributed by atoms with Gasteiger partial charge in [-0.3, -0.25) is 9.78 Å². The van der Waals surface area contributed by atoms with Crippen molar-refractivity contribution in [3.63, 3.8) is 0 Å². The van der Waals surface area contributed by atoms with Crippen molar-refractivity contribution in [2.24, 2.45) is 0 Å². The second-order valence-corrected chi connectivity index (χ2v) is 4.09. The normalized spacial score (nSPS) is 12.6. The predicted molar refractivity (Wildman–Crippen MR) is 68.9 cm³/mol. The monoisotopic (exact) mass is 250 g/mol. The van der Waals surface area contributed by atoms with Crippen molar-refractivity contribution in [2.45, 2.75) is 25.8 Å². The van der Waals surface area contributed by atoms with Crippen LogP contribution >= 0.6 is 0 Å². The van der Waals surface area contributed by atoms with Crippen LogP contribution in [-0.4, -0.2) is 33.8 Å². The van der Waals surface area contributed by atoms with Crippen molar-refractivity contribution < 1.29 is 15.0 Å². The summed E-state index contributed by atoms with van der Waals surface area (Å²) >= 11 is 0. The molecule has 1 heterocycles. The maximum atomic E-state index is 11.5. The fourth-order valence-electron chi connectivity index (χ4n) is 1.47. The van der Waals surface area contributed by atoms with Crippen LogP contribution in [0, 0.1) is 0 Å². The number of aliphatic hydroxyl groups is 1. The van der Waals surface area contributed by atoms with Crippen LogP contribution in [0.2, 0.25) is 0 Å². The number of nitrogens with zero attached hydrogens (tertiary/aromatic N) is 1. The van der Waals surface area contributed by atoms with E-state index in [-0.39, 0.29) is 24.3 Å². The maximum absolute atomic E-state index is 11.5. The van der Waals surface area contributed by atoms with Gasteiger partial charge in [0.1, 0.15) is 5.75 Å². The van der Waals surface area contributed by atoms with E-state index in [2.05, 4.69) is 10.3 Å². The molecule has 0 aliphatic rings. The zero-order chi connectivity index (χ0) is 13.4. The number of carbonyl (C=O) groups is 1. The van der Waals surface area contributed by atoms with Crippen molar-refractivity contribution in [1.29, 1.82) is 0 Å². The molecule has 1 atom stereocenters. The first-order valence-electron chi connectivity index (χ1n) is 5.85. The van der Waals surface area contributed by atoms with E-state index in [1.165, 1.54) is 18.3 Å². The van der Waals surface area contributed by atoms with Crippen LogP contribution < -0.4 is 5.32 Å². The van der Waals surface area contributed by atoms with E-state index in [0.29, 0.717) is 12.0 Å². The lowest BCUT2D eigenvalue weighted by Gasteiger charge is -2.10. The first-order chi connectivity index (χ1) is 8.61. The number of aliphatic hydroxyl groups excluding tert-OH is 1. The molecule has 0 aliphatic carbocycles. The molecular formula is C13H18N2O3. The Labute approximate surface area is 106 Å². The molecule has 1 rings (SSSR count). The van der Waals surface area contributed by atoms with Gasteiger partial charge in [0.15, 0.2) is 0 Å². The van der Waals surface area contributed by atoms with E-state index >= 15 is 0 Å². The molecule has 1 amide bonds. The molecule has 1 aromatic rings. The van der Waals surface area contributed by atoms with Gasteiger partial charge in [-0.25, -0.2) is 0 Å². The molecule has 0 aromatic carbocycles. The Kier molecular flexibility index (Phi) is 5.87. The zero-order valence-electron chi connectivity index (χ0n) is 10.3. The summed E-state index contributed by atoms with van der Waals surface area (Å²) in [6, 6.07) is 1.54. The molecule has 5 heteroatoms. The summed E-state index contributed by atoms with van der Waals surface area (Å²) in [6.45, 7) is 2.02.